The number of hydrogen-bond acceptors (Lipinski definition) is 5. The van der Waals surface area contributed by atoms with E-state index in [-0.39, 0.29) is 0 Å². The first kappa shape index (κ1) is 16.4. The summed E-state index contributed by atoms with van der Waals surface area (Å²) < 4.78 is 34.0. The molecular weight excluding hydrogens is 316 g/mol. The minimum Gasteiger partial charge on any atom is -0.507 e. The average molecular weight is 331 g/mol. The van der Waals surface area contributed by atoms with E-state index in [9.17, 15) is 5.11 Å². The molecule has 7 heteroatoms. The summed E-state index contributed by atoms with van der Waals surface area (Å²) in [5.41, 5.74) is 0. The van der Waals surface area contributed by atoms with Gasteiger partial charge in [-0.15, -0.1) is 10.2 Å². The molecule has 0 unspecified atom stereocenters. The maximum absolute atomic E-state index is 9.84. The third kappa shape index (κ3) is 4.74. The van der Waals surface area contributed by atoms with Gasteiger partial charge < -0.3 is 5.11 Å². The predicted octanol–water partition coefficient (Wildman–Crippen LogP) is -1.44. The van der Waals surface area contributed by atoms with Gasteiger partial charge in [0.05, 0.1) is 0 Å². The normalized spacial score (nSPS) is 15.8. The topological polar surface area (TPSA) is 112 Å². The minimum absolute atomic E-state index is 0.405. The van der Waals surface area contributed by atoms with Crippen molar-refractivity contribution in [1.29, 1.82) is 0 Å². The second-order valence-corrected chi connectivity index (χ2v) is 7.61. The number of phenolic OH excluding ortho intramolecular Hbond substituents is 1. The molecule has 1 heterocycles. The van der Waals surface area contributed by atoms with Crippen LogP contribution in [0.15, 0.2) is 41.3 Å². The van der Waals surface area contributed by atoms with Crippen LogP contribution in [-0.2, 0) is 10.9 Å². The van der Waals surface area contributed by atoms with Crippen LogP contribution in [0, 0.1) is 10.2 Å². The molecule has 0 saturated carbocycles. The highest BCUT2D eigenvalue weighted by Gasteiger charge is 2.28. The number of hydrogen-bond donors (Lipinski definition) is 1. The molecule has 1 fully saturated rings. The smallest absolute Gasteiger partial charge is 0.162 e. The Labute approximate surface area is 127 Å². The van der Waals surface area contributed by atoms with Crippen molar-refractivity contribution < 1.29 is 34.0 Å². The maximum Gasteiger partial charge on any atom is 0.162 e. The van der Waals surface area contributed by atoms with Gasteiger partial charge in [-0.2, -0.15) is 0 Å². The molecular formula is C14H15ClO5S. The van der Waals surface area contributed by atoms with Crippen molar-refractivity contribution in [3.05, 3.63) is 36.4 Å². The fourth-order valence-electron chi connectivity index (χ4n) is 2.38. The van der Waals surface area contributed by atoms with Crippen molar-refractivity contribution in [3.63, 3.8) is 0 Å². The Hall–Kier alpha value is -1.02. The van der Waals surface area contributed by atoms with Gasteiger partial charge in [0.15, 0.2) is 4.90 Å². The van der Waals surface area contributed by atoms with Crippen molar-refractivity contribution in [2.75, 3.05) is 11.5 Å². The lowest BCUT2D eigenvalue weighted by Crippen LogP contribution is -2.68. The zero-order chi connectivity index (χ0) is 15.5. The van der Waals surface area contributed by atoms with Crippen molar-refractivity contribution in [1.82, 2.24) is 0 Å². The SMILES string of the molecule is Oc1ccc([S+]2CCCC2)c2ccccc12.[O-][Cl+3]([O-])([O-])[O-]. The molecule has 114 valence electrons. The summed E-state index contributed by atoms with van der Waals surface area (Å²) in [6.45, 7) is 0. The van der Waals surface area contributed by atoms with E-state index in [1.165, 1.54) is 34.6 Å². The lowest BCUT2D eigenvalue weighted by Gasteiger charge is -2.17. The minimum atomic E-state index is -4.94. The molecule has 1 aliphatic heterocycles. The van der Waals surface area contributed by atoms with Gasteiger partial charge >= 0.3 is 0 Å². The molecule has 2 aromatic rings. The van der Waals surface area contributed by atoms with Crippen molar-refractivity contribution >= 4 is 21.7 Å². The van der Waals surface area contributed by atoms with E-state index >= 15 is 0 Å². The molecule has 0 spiro atoms. The molecule has 0 radical (unpaired) electrons. The third-order valence-corrected chi connectivity index (χ3v) is 5.74. The third-order valence-electron chi connectivity index (χ3n) is 3.20. The second-order valence-electron chi connectivity index (χ2n) is 4.61. The van der Waals surface area contributed by atoms with E-state index in [1.54, 1.807) is 0 Å². The van der Waals surface area contributed by atoms with Crippen LogP contribution in [-0.4, -0.2) is 16.6 Å². The Morgan fingerprint density at radius 2 is 1.38 bits per heavy atom. The summed E-state index contributed by atoms with van der Waals surface area (Å²) in [5.74, 6) is 3.06. The van der Waals surface area contributed by atoms with Crippen LogP contribution in [0.25, 0.3) is 10.8 Å². The maximum atomic E-state index is 9.84. The lowest BCUT2D eigenvalue weighted by molar-refractivity contribution is -2.00. The predicted molar refractivity (Wildman–Crippen MR) is 70.2 cm³/mol. The summed E-state index contributed by atoms with van der Waals surface area (Å²) in [5, 5.41) is 12.1. The summed E-state index contributed by atoms with van der Waals surface area (Å²) in [7, 11) is -4.53. The first-order valence-corrected chi connectivity index (χ1v) is 9.16. The highest BCUT2D eigenvalue weighted by Crippen LogP contribution is 2.33. The molecule has 0 aromatic heterocycles. The molecule has 0 aliphatic carbocycles. The number of benzene rings is 2. The van der Waals surface area contributed by atoms with E-state index in [4.69, 9.17) is 18.6 Å². The van der Waals surface area contributed by atoms with Crippen LogP contribution in [0.3, 0.4) is 0 Å². The van der Waals surface area contributed by atoms with Gasteiger partial charge in [-0.3, -0.25) is 0 Å². The standard InChI is InChI=1S/C14H14OS.ClHO4/c15-13-7-8-14(16-9-3-4-10-16)12-6-2-1-5-11(12)13;2-1(3,4)5/h1-2,5-8H,3-4,9-10H2;(H,2,3,4,5). The summed E-state index contributed by atoms with van der Waals surface area (Å²) in [4.78, 5) is 1.45. The van der Waals surface area contributed by atoms with E-state index in [2.05, 4.69) is 18.2 Å². The Morgan fingerprint density at radius 1 is 0.857 bits per heavy atom. The number of phenols is 1. The zero-order valence-corrected chi connectivity index (χ0v) is 12.7. The van der Waals surface area contributed by atoms with Gasteiger partial charge in [-0.1, -0.05) is 18.2 Å². The van der Waals surface area contributed by atoms with Gasteiger partial charge in [0.25, 0.3) is 0 Å². The number of aromatic hydroxyl groups is 1. The largest absolute Gasteiger partial charge is 0.507 e. The summed E-state index contributed by atoms with van der Waals surface area (Å²) in [6.07, 6.45) is 2.72. The van der Waals surface area contributed by atoms with Crippen molar-refractivity contribution in [3.8, 4) is 5.75 Å². The lowest BCUT2D eigenvalue weighted by atomic mass is 10.1. The average Bonchev–Trinajstić information content (AvgIpc) is 2.91. The number of fused-ring (bicyclic) bond motifs is 1. The van der Waals surface area contributed by atoms with Gasteiger partial charge in [0, 0.05) is 21.7 Å². The molecule has 3 rings (SSSR count). The summed E-state index contributed by atoms with van der Waals surface area (Å²) in [6, 6.07) is 12.2. The highest BCUT2D eigenvalue weighted by atomic mass is 35.7. The van der Waals surface area contributed by atoms with Crippen molar-refractivity contribution in [2.24, 2.45) is 0 Å². The fraction of sp³-hybridized carbons (Fsp3) is 0.286. The molecule has 2 aromatic carbocycles. The van der Waals surface area contributed by atoms with Crippen LogP contribution in [0.5, 0.6) is 5.75 Å². The Balaban J connectivity index is 0.000000282. The van der Waals surface area contributed by atoms with Gasteiger partial charge in [-0.05, 0) is 31.0 Å². The van der Waals surface area contributed by atoms with E-state index in [0.29, 0.717) is 16.6 Å². The second kappa shape index (κ2) is 6.83. The fourth-order valence-corrected chi connectivity index (χ4v) is 4.88. The molecule has 0 atom stereocenters. The van der Waals surface area contributed by atoms with E-state index < -0.39 is 10.2 Å². The highest BCUT2D eigenvalue weighted by molar-refractivity contribution is 7.97. The Morgan fingerprint density at radius 3 is 1.95 bits per heavy atom. The molecule has 1 aliphatic rings. The van der Waals surface area contributed by atoms with E-state index in [1.807, 2.05) is 18.2 Å². The molecule has 1 saturated heterocycles. The van der Waals surface area contributed by atoms with Crippen LogP contribution in [0.1, 0.15) is 12.8 Å². The number of halogens is 1. The monoisotopic (exact) mass is 330 g/mol. The first-order chi connectivity index (χ1) is 9.86. The van der Waals surface area contributed by atoms with Gasteiger partial charge in [0.1, 0.15) is 17.3 Å². The molecule has 5 nitrogen and oxygen atoms in total. The Bertz CT molecular complexity index is 602. The van der Waals surface area contributed by atoms with Gasteiger partial charge in [-0.25, -0.2) is 18.6 Å². The quantitative estimate of drug-likeness (QED) is 0.643. The zero-order valence-electron chi connectivity index (χ0n) is 11.2. The van der Waals surface area contributed by atoms with Crippen LogP contribution in [0.4, 0.5) is 0 Å². The van der Waals surface area contributed by atoms with Crippen molar-refractivity contribution in [2.45, 2.75) is 17.7 Å². The van der Waals surface area contributed by atoms with E-state index in [0.717, 1.165) is 5.39 Å². The first-order valence-electron chi connectivity index (χ1n) is 6.36. The molecule has 0 amide bonds. The number of rotatable bonds is 1. The molecule has 21 heavy (non-hydrogen) atoms. The molecule has 1 N–H and O–H groups in total. The van der Waals surface area contributed by atoms with Crippen LogP contribution in [0.2, 0.25) is 0 Å². The Kier molecular flexibility index (Phi) is 5.32. The van der Waals surface area contributed by atoms with Gasteiger partial charge in [0.2, 0.25) is 0 Å². The molecule has 0 bridgehead atoms. The van der Waals surface area contributed by atoms with Crippen LogP contribution < -0.4 is 18.6 Å². The summed E-state index contributed by atoms with van der Waals surface area (Å²) >= 11 is 0. The van der Waals surface area contributed by atoms with Crippen LogP contribution >= 0.6 is 0 Å².